The fourth-order valence-electron chi connectivity index (χ4n) is 2.89. The second-order valence-electron chi connectivity index (χ2n) is 6.86. The lowest BCUT2D eigenvalue weighted by molar-refractivity contribution is 0.213. The van der Waals surface area contributed by atoms with E-state index in [0.29, 0.717) is 42.9 Å². The van der Waals surface area contributed by atoms with Crippen molar-refractivity contribution in [2.75, 3.05) is 27.2 Å². The lowest BCUT2D eigenvalue weighted by atomic mass is 10.2. The van der Waals surface area contributed by atoms with Gasteiger partial charge in [-0.05, 0) is 43.3 Å². The van der Waals surface area contributed by atoms with Gasteiger partial charge in [0.1, 0.15) is 18.2 Å². The van der Waals surface area contributed by atoms with Crippen molar-refractivity contribution in [1.82, 2.24) is 15.6 Å². The lowest BCUT2D eigenvalue weighted by Crippen LogP contribution is -2.42. The Bertz CT molecular complexity index is 988. The molecule has 0 amide bonds. The lowest BCUT2D eigenvalue weighted by Gasteiger charge is -2.19. The van der Waals surface area contributed by atoms with Crippen LogP contribution in [0.5, 0.6) is 11.5 Å². The molecule has 3 aromatic rings. The molecule has 8 heteroatoms. The van der Waals surface area contributed by atoms with Gasteiger partial charge in [-0.2, -0.15) is 0 Å². The van der Waals surface area contributed by atoms with E-state index in [0.717, 1.165) is 11.3 Å². The number of para-hydroxylation sites is 2. The molecule has 7 nitrogen and oxygen atoms in total. The second kappa shape index (κ2) is 11.0. The molecule has 0 radical (unpaired) electrons. The van der Waals surface area contributed by atoms with Crippen LogP contribution in [0.25, 0.3) is 11.5 Å². The molecule has 0 aliphatic heterocycles. The Balaban J connectivity index is 1.43. The summed E-state index contributed by atoms with van der Waals surface area (Å²) in [5.41, 5.74) is 1.54. The van der Waals surface area contributed by atoms with Gasteiger partial charge in [0.25, 0.3) is 0 Å². The summed E-state index contributed by atoms with van der Waals surface area (Å²) in [4.78, 5) is 8.68. The zero-order valence-electron chi connectivity index (χ0n) is 17.9. The number of rotatable bonds is 9. The summed E-state index contributed by atoms with van der Waals surface area (Å²) in [6.07, 6.45) is 2.17. The van der Waals surface area contributed by atoms with Crippen molar-refractivity contribution < 1.29 is 18.3 Å². The SMILES string of the molecule is CN=C(NCCc1coc(-c2ccc(F)cc2)n1)NCC(C)Oc1ccccc1OC. The topological polar surface area (TPSA) is 80.9 Å². The minimum absolute atomic E-state index is 0.0938. The average molecular weight is 426 g/mol. The molecule has 1 atom stereocenters. The molecule has 0 fully saturated rings. The van der Waals surface area contributed by atoms with Gasteiger partial charge < -0.3 is 24.5 Å². The van der Waals surface area contributed by atoms with E-state index in [1.807, 2.05) is 31.2 Å². The molecule has 0 aliphatic rings. The number of aromatic nitrogens is 1. The summed E-state index contributed by atoms with van der Waals surface area (Å²) >= 11 is 0. The van der Waals surface area contributed by atoms with Crippen LogP contribution in [0.3, 0.4) is 0 Å². The molecule has 2 N–H and O–H groups in total. The van der Waals surface area contributed by atoms with E-state index in [1.54, 1.807) is 32.6 Å². The number of aliphatic imine (C=N–C) groups is 1. The molecule has 1 heterocycles. The third kappa shape index (κ3) is 6.47. The van der Waals surface area contributed by atoms with Crippen molar-refractivity contribution in [2.45, 2.75) is 19.4 Å². The summed E-state index contributed by atoms with van der Waals surface area (Å²) in [6, 6.07) is 13.6. The molecule has 31 heavy (non-hydrogen) atoms. The highest BCUT2D eigenvalue weighted by Gasteiger charge is 2.10. The Hall–Kier alpha value is -3.55. The van der Waals surface area contributed by atoms with Gasteiger partial charge in [-0.1, -0.05) is 12.1 Å². The number of nitrogens with one attached hydrogen (secondary N) is 2. The van der Waals surface area contributed by atoms with Crippen molar-refractivity contribution in [3.8, 4) is 23.0 Å². The summed E-state index contributed by atoms with van der Waals surface area (Å²) in [5, 5.41) is 6.49. The van der Waals surface area contributed by atoms with Gasteiger partial charge in [-0.25, -0.2) is 9.37 Å². The molecule has 164 valence electrons. The first-order valence-corrected chi connectivity index (χ1v) is 10.0. The third-order valence-electron chi connectivity index (χ3n) is 4.49. The highest BCUT2D eigenvalue weighted by molar-refractivity contribution is 5.79. The van der Waals surface area contributed by atoms with Crippen molar-refractivity contribution in [2.24, 2.45) is 4.99 Å². The average Bonchev–Trinajstić information content (AvgIpc) is 3.26. The predicted octanol–water partition coefficient (Wildman–Crippen LogP) is 3.66. The number of nitrogens with zero attached hydrogens (tertiary/aromatic N) is 2. The van der Waals surface area contributed by atoms with Crippen molar-refractivity contribution in [1.29, 1.82) is 0 Å². The molecular weight excluding hydrogens is 399 g/mol. The van der Waals surface area contributed by atoms with Crippen LogP contribution in [0, 0.1) is 5.82 Å². The van der Waals surface area contributed by atoms with E-state index < -0.39 is 0 Å². The van der Waals surface area contributed by atoms with Crippen LogP contribution >= 0.6 is 0 Å². The van der Waals surface area contributed by atoms with Crippen LogP contribution in [0.4, 0.5) is 4.39 Å². The molecule has 0 saturated heterocycles. The van der Waals surface area contributed by atoms with Crippen LogP contribution < -0.4 is 20.1 Å². The number of hydrogen-bond donors (Lipinski definition) is 2. The van der Waals surface area contributed by atoms with Gasteiger partial charge in [0, 0.05) is 25.6 Å². The summed E-state index contributed by atoms with van der Waals surface area (Å²) < 4.78 is 29.8. The summed E-state index contributed by atoms with van der Waals surface area (Å²) in [5.74, 6) is 2.24. The standard InChI is InChI=1S/C23H27FN4O3/c1-16(31-21-7-5-4-6-20(21)29-3)14-27-23(25-2)26-13-12-19-15-30-22(28-19)17-8-10-18(24)11-9-17/h4-11,15-16H,12-14H2,1-3H3,(H2,25,26,27). The Morgan fingerprint density at radius 3 is 2.58 bits per heavy atom. The van der Waals surface area contributed by atoms with Crippen LogP contribution in [0.15, 0.2) is 64.2 Å². The Morgan fingerprint density at radius 1 is 1.13 bits per heavy atom. The molecule has 0 aliphatic carbocycles. The van der Waals surface area contributed by atoms with Crippen molar-refractivity contribution in [3.05, 3.63) is 66.3 Å². The van der Waals surface area contributed by atoms with E-state index in [9.17, 15) is 4.39 Å². The maximum atomic E-state index is 13.0. The number of benzene rings is 2. The minimum Gasteiger partial charge on any atom is -0.493 e. The Morgan fingerprint density at radius 2 is 1.87 bits per heavy atom. The third-order valence-corrected chi connectivity index (χ3v) is 4.49. The van der Waals surface area contributed by atoms with Crippen LogP contribution in [-0.2, 0) is 6.42 Å². The maximum absolute atomic E-state index is 13.0. The smallest absolute Gasteiger partial charge is 0.226 e. The normalized spacial score (nSPS) is 12.3. The quantitative estimate of drug-likeness (QED) is 0.401. The molecular formula is C23H27FN4O3. The van der Waals surface area contributed by atoms with Crippen molar-refractivity contribution >= 4 is 5.96 Å². The minimum atomic E-state index is -0.291. The number of ether oxygens (including phenoxy) is 2. The van der Waals surface area contributed by atoms with Gasteiger partial charge in [0.2, 0.25) is 5.89 Å². The molecule has 0 saturated carbocycles. The molecule has 1 aromatic heterocycles. The van der Waals surface area contributed by atoms with E-state index in [1.165, 1.54) is 12.1 Å². The number of halogens is 1. The van der Waals surface area contributed by atoms with Crippen molar-refractivity contribution in [3.63, 3.8) is 0 Å². The van der Waals surface area contributed by atoms with Crippen LogP contribution in [0.2, 0.25) is 0 Å². The molecule has 3 rings (SSSR count). The number of guanidine groups is 1. The molecule has 0 bridgehead atoms. The maximum Gasteiger partial charge on any atom is 0.226 e. The van der Waals surface area contributed by atoms with E-state index >= 15 is 0 Å². The fourth-order valence-corrected chi connectivity index (χ4v) is 2.89. The first-order chi connectivity index (χ1) is 15.1. The zero-order chi connectivity index (χ0) is 22.1. The van der Waals surface area contributed by atoms with Gasteiger partial charge in [-0.3, -0.25) is 4.99 Å². The summed E-state index contributed by atoms with van der Waals surface area (Å²) in [6.45, 7) is 3.16. The predicted molar refractivity (Wildman–Crippen MR) is 118 cm³/mol. The molecule has 1 unspecified atom stereocenters. The zero-order valence-corrected chi connectivity index (χ0v) is 17.9. The van der Waals surface area contributed by atoms with E-state index in [-0.39, 0.29) is 11.9 Å². The van der Waals surface area contributed by atoms with Gasteiger partial charge in [0.15, 0.2) is 17.5 Å². The fraction of sp³-hybridized carbons (Fsp3) is 0.304. The number of oxazole rings is 1. The summed E-state index contributed by atoms with van der Waals surface area (Å²) in [7, 11) is 3.33. The van der Waals surface area contributed by atoms with Gasteiger partial charge in [0.05, 0.1) is 19.3 Å². The Kier molecular flexibility index (Phi) is 7.86. The first-order valence-electron chi connectivity index (χ1n) is 10.0. The highest BCUT2D eigenvalue weighted by atomic mass is 19.1. The monoisotopic (exact) mass is 426 g/mol. The van der Waals surface area contributed by atoms with Gasteiger partial charge in [-0.15, -0.1) is 0 Å². The Labute approximate surface area is 181 Å². The van der Waals surface area contributed by atoms with Crippen LogP contribution in [-0.4, -0.2) is 44.3 Å². The number of hydrogen-bond acceptors (Lipinski definition) is 5. The largest absolute Gasteiger partial charge is 0.493 e. The number of methoxy groups -OCH3 is 1. The van der Waals surface area contributed by atoms with E-state index in [2.05, 4.69) is 20.6 Å². The van der Waals surface area contributed by atoms with Crippen LogP contribution in [0.1, 0.15) is 12.6 Å². The van der Waals surface area contributed by atoms with E-state index in [4.69, 9.17) is 13.9 Å². The van der Waals surface area contributed by atoms with Gasteiger partial charge >= 0.3 is 0 Å². The molecule has 0 spiro atoms. The second-order valence-corrected chi connectivity index (χ2v) is 6.86. The molecule has 2 aromatic carbocycles. The first kappa shape index (κ1) is 22.1. The highest BCUT2D eigenvalue weighted by Crippen LogP contribution is 2.26.